The second kappa shape index (κ2) is 5.64. The fraction of sp³-hybridized carbons (Fsp3) is 0.500. The first-order valence-corrected chi connectivity index (χ1v) is 6.23. The van der Waals surface area contributed by atoms with Gasteiger partial charge in [-0.2, -0.15) is 0 Å². The summed E-state index contributed by atoms with van der Waals surface area (Å²) >= 11 is 0. The lowest BCUT2D eigenvalue weighted by atomic mass is 10.2. The SMILES string of the molecule is CCCc1nc(C(=O)NCc2c(C)noc2C)n[nH]1. The van der Waals surface area contributed by atoms with Gasteiger partial charge in [-0.25, -0.2) is 4.98 Å². The van der Waals surface area contributed by atoms with Crippen molar-refractivity contribution in [3.05, 3.63) is 28.7 Å². The molecule has 0 aromatic carbocycles. The van der Waals surface area contributed by atoms with Crippen LogP contribution in [-0.4, -0.2) is 26.2 Å². The van der Waals surface area contributed by atoms with Gasteiger partial charge in [-0.15, -0.1) is 5.10 Å². The third-order valence-corrected chi connectivity index (χ3v) is 2.83. The van der Waals surface area contributed by atoms with Crippen LogP contribution in [0.2, 0.25) is 0 Å². The molecule has 2 aromatic heterocycles. The fourth-order valence-electron chi connectivity index (χ4n) is 1.75. The molecule has 0 aliphatic carbocycles. The third-order valence-electron chi connectivity index (χ3n) is 2.83. The summed E-state index contributed by atoms with van der Waals surface area (Å²) in [5.41, 5.74) is 1.66. The predicted octanol–water partition coefficient (Wildman–Crippen LogP) is 1.29. The molecule has 2 rings (SSSR count). The van der Waals surface area contributed by atoms with Gasteiger partial charge in [-0.3, -0.25) is 9.89 Å². The Morgan fingerprint density at radius 1 is 1.42 bits per heavy atom. The summed E-state index contributed by atoms with van der Waals surface area (Å²) in [4.78, 5) is 16.0. The molecule has 7 heteroatoms. The van der Waals surface area contributed by atoms with E-state index in [2.05, 4.69) is 25.7 Å². The Kier molecular flexibility index (Phi) is 3.94. The highest BCUT2D eigenvalue weighted by atomic mass is 16.5. The fourth-order valence-corrected chi connectivity index (χ4v) is 1.75. The highest BCUT2D eigenvalue weighted by molar-refractivity contribution is 5.90. The van der Waals surface area contributed by atoms with E-state index in [9.17, 15) is 4.79 Å². The summed E-state index contributed by atoms with van der Waals surface area (Å²) in [7, 11) is 0. The molecule has 2 N–H and O–H groups in total. The van der Waals surface area contributed by atoms with Crippen LogP contribution in [0.5, 0.6) is 0 Å². The smallest absolute Gasteiger partial charge is 0.291 e. The van der Waals surface area contributed by atoms with Gasteiger partial charge in [0.05, 0.1) is 5.69 Å². The number of carbonyl (C=O) groups is 1. The van der Waals surface area contributed by atoms with Crippen LogP contribution in [0.4, 0.5) is 0 Å². The number of hydrogen-bond donors (Lipinski definition) is 2. The number of nitrogens with one attached hydrogen (secondary N) is 2. The quantitative estimate of drug-likeness (QED) is 0.847. The molecule has 7 nitrogen and oxygen atoms in total. The van der Waals surface area contributed by atoms with E-state index >= 15 is 0 Å². The normalized spacial score (nSPS) is 10.7. The number of carbonyl (C=O) groups excluding carboxylic acids is 1. The maximum absolute atomic E-state index is 11.9. The molecule has 19 heavy (non-hydrogen) atoms. The zero-order valence-corrected chi connectivity index (χ0v) is 11.3. The molecule has 0 unspecified atom stereocenters. The molecule has 0 fully saturated rings. The average molecular weight is 263 g/mol. The third kappa shape index (κ3) is 2.98. The van der Waals surface area contributed by atoms with E-state index in [0.29, 0.717) is 12.3 Å². The minimum Gasteiger partial charge on any atom is -0.361 e. The molecular weight excluding hydrogens is 246 g/mol. The number of amides is 1. The number of rotatable bonds is 5. The van der Waals surface area contributed by atoms with Crippen molar-refractivity contribution in [1.29, 1.82) is 0 Å². The first-order chi connectivity index (χ1) is 9.11. The highest BCUT2D eigenvalue weighted by Gasteiger charge is 2.14. The van der Waals surface area contributed by atoms with Crippen LogP contribution in [0, 0.1) is 13.8 Å². The van der Waals surface area contributed by atoms with Crippen molar-refractivity contribution in [2.75, 3.05) is 0 Å². The van der Waals surface area contributed by atoms with E-state index in [1.165, 1.54) is 0 Å². The topological polar surface area (TPSA) is 96.7 Å². The van der Waals surface area contributed by atoms with Crippen molar-refractivity contribution in [3.63, 3.8) is 0 Å². The summed E-state index contributed by atoms with van der Waals surface area (Å²) in [5.74, 6) is 1.29. The average Bonchev–Trinajstić information content (AvgIpc) is 2.96. The van der Waals surface area contributed by atoms with Gasteiger partial charge in [0.25, 0.3) is 5.91 Å². The van der Waals surface area contributed by atoms with Crippen LogP contribution >= 0.6 is 0 Å². The number of aryl methyl sites for hydroxylation is 3. The summed E-state index contributed by atoms with van der Waals surface area (Å²) in [6.07, 6.45) is 1.74. The lowest BCUT2D eigenvalue weighted by Crippen LogP contribution is -2.24. The van der Waals surface area contributed by atoms with Crippen molar-refractivity contribution < 1.29 is 9.32 Å². The van der Waals surface area contributed by atoms with Crippen LogP contribution < -0.4 is 5.32 Å². The van der Waals surface area contributed by atoms with Gasteiger partial charge in [0.2, 0.25) is 5.82 Å². The van der Waals surface area contributed by atoms with Crippen LogP contribution in [-0.2, 0) is 13.0 Å². The molecule has 2 heterocycles. The molecule has 0 radical (unpaired) electrons. The predicted molar refractivity (Wildman–Crippen MR) is 67.5 cm³/mol. The molecule has 1 amide bonds. The Hall–Kier alpha value is -2.18. The van der Waals surface area contributed by atoms with Crippen molar-refractivity contribution in [3.8, 4) is 0 Å². The Bertz CT molecular complexity index is 553. The van der Waals surface area contributed by atoms with E-state index in [1.54, 1.807) is 0 Å². The van der Waals surface area contributed by atoms with E-state index in [1.807, 2.05) is 20.8 Å². The molecule has 0 saturated heterocycles. The van der Waals surface area contributed by atoms with E-state index in [4.69, 9.17) is 4.52 Å². The molecule has 2 aromatic rings. The summed E-state index contributed by atoms with van der Waals surface area (Å²) in [6.45, 7) is 6.05. The number of aromatic nitrogens is 4. The zero-order valence-electron chi connectivity index (χ0n) is 11.3. The van der Waals surface area contributed by atoms with Gasteiger partial charge >= 0.3 is 0 Å². The Labute approximate surface area is 110 Å². The summed E-state index contributed by atoms with van der Waals surface area (Å²) in [6, 6.07) is 0. The number of nitrogens with zero attached hydrogens (tertiary/aromatic N) is 3. The van der Waals surface area contributed by atoms with Crippen molar-refractivity contribution in [2.45, 2.75) is 40.2 Å². The van der Waals surface area contributed by atoms with Gasteiger partial charge in [0.15, 0.2) is 0 Å². The largest absolute Gasteiger partial charge is 0.361 e. The lowest BCUT2D eigenvalue weighted by Gasteiger charge is -2.01. The van der Waals surface area contributed by atoms with Crippen LogP contribution in [0.25, 0.3) is 0 Å². The second-order valence-electron chi connectivity index (χ2n) is 4.34. The number of aromatic amines is 1. The maximum atomic E-state index is 11.9. The van der Waals surface area contributed by atoms with Gasteiger partial charge in [0, 0.05) is 18.5 Å². The van der Waals surface area contributed by atoms with E-state index in [0.717, 1.165) is 29.9 Å². The monoisotopic (exact) mass is 263 g/mol. The van der Waals surface area contributed by atoms with Gasteiger partial charge in [-0.05, 0) is 20.3 Å². The summed E-state index contributed by atoms with van der Waals surface area (Å²) in [5, 5.41) is 13.2. The van der Waals surface area contributed by atoms with E-state index < -0.39 is 0 Å². The van der Waals surface area contributed by atoms with Crippen LogP contribution in [0.15, 0.2) is 4.52 Å². The van der Waals surface area contributed by atoms with Gasteiger partial charge < -0.3 is 9.84 Å². The van der Waals surface area contributed by atoms with Crippen LogP contribution in [0.3, 0.4) is 0 Å². The van der Waals surface area contributed by atoms with Gasteiger partial charge in [-0.1, -0.05) is 12.1 Å². The Morgan fingerprint density at radius 2 is 2.21 bits per heavy atom. The molecule has 0 bridgehead atoms. The molecule has 0 spiro atoms. The maximum Gasteiger partial charge on any atom is 0.291 e. The standard InChI is InChI=1S/C12H17N5O2/c1-4-5-10-14-11(16-15-10)12(18)13-6-9-7(2)17-19-8(9)3/h4-6H2,1-3H3,(H,13,18)(H,14,15,16). The Balaban J connectivity index is 1.97. The van der Waals surface area contributed by atoms with Crippen molar-refractivity contribution in [1.82, 2.24) is 25.7 Å². The molecule has 0 aliphatic rings. The van der Waals surface area contributed by atoms with Crippen molar-refractivity contribution >= 4 is 5.91 Å². The minimum atomic E-state index is -0.307. The first-order valence-electron chi connectivity index (χ1n) is 6.23. The van der Waals surface area contributed by atoms with Crippen LogP contribution in [0.1, 0.15) is 46.8 Å². The van der Waals surface area contributed by atoms with E-state index in [-0.39, 0.29) is 11.7 Å². The van der Waals surface area contributed by atoms with Gasteiger partial charge in [0.1, 0.15) is 11.6 Å². The molecule has 102 valence electrons. The number of H-pyrrole nitrogens is 1. The Morgan fingerprint density at radius 3 is 2.84 bits per heavy atom. The van der Waals surface area contributed by atoms with Crippen molar-refractivity contribution in [2.24, 2.45) is 0 Å². The minimum absolute atomic E-state index is 0.162. The molecular formula is C12H17N5O2. The number of hydrogen-bond acceptors (Lipinski definition) is 5. The highest BCUT2D eigenvalue weighted by Crippen LogP contribution is 2.11. The zero-order chi connectivity index (χ0) is 13.8. The summed E-state index contributed by atoms with van der Waals surface area (Å²) < 4.78 is 5.03. The molecule has 0 aliphatic heterocycles. The molecule has 0 atom stereocenters. The second-order valence-corrected chi connectivity index (χ2v) is 4.34. The molecule has 0 saturated carbocycles. The lowest BCUT2D eigenvalue weighted by molar-refractivity contribution is 0.0940. The first kappa shape index (κ1) is 13.3.